The maximum atomic E-state index is 6.41. The van der Waals surface area contributed by atoms with E-state index in [1.807, 2.05) is 0 Å². The lowest BCUT2D eigenvalue weighted by molar-refractivity contribution is 0.0726. The van der Waals surface area contributed by atoms with Crippen LogP contribution in [0.4, 0.5) is 5.69 Å². The van der Waals surface area contributed by atoms with Gasteiger partial charge in [0.15, 0.2) is 0 Å². The number of anilines is 1. The van der Waals surface area contributed by atoms with Crippen LogP contribution in [0.15, 0.2) is 65.0 Å². The van der Waals surface area contributed by atoms with Crippen LogP contribution < -0.4 is 10.2 Å². The third kappa shape index (κ3) is 5.08. The molecule has 2 atom stereocenters. The van der Waals surface area contributed by atoms with E-state index in [1.165, 1.54) is 84.8 Å². The molecule has 1 N–H and O–H groups in total. The van der Waals surface area contributed by atoms with Crippen molar-refractivity contribution in [3.05, 3.63) is 65.6 Å². The predicted molar refractivity (Wildman–Crippen MR) is 170 cm³/mol. The van der Waals surface area contributed by atoms with Gasteiger partial charge in [0.25, 0.3) is 0 Å². The van der Waals surface area contributed by atoms with Gasteiger partial charge in [0, 0.05) is 49.3 Å². The Hall–Kier alpha value is -2.83. The van der Waals surface area contributed by atoms with Crippen molar-refractivity contribution in [3.63, 3.8) is 0 Å². The summed E-state index contributed by atoms with van der Waals surface area (Å²) >= 11 is 0. The van der Waals surface area contributed by atoms with Crippen LogP contribution in [-0.2, 0) is 11.2 Å². The molecule has 0 aliphatic carbocycles. The standard InChI is InChI=1S/C35H47N5O/c1-4-27-9-5-10-28-11-6-12-32(33(27)28)38-20-15-31(25(2)21-38)34(39-22-29-13-14-30(23-39)37-29)36-26(3)41-24-35-16-7-18-40(35)19-8-17-35/h5-6,9-12,29-30,37H,3-4,7-8,13-24H2,1-2H3/b36-34+. The van der Waals surface area contributed by atoms with Gasteiger partial charge in [0.05, 0.1) is 5.54 Å². The molecular weight excluding hydrogens is 506 g/mol. The van der Waals surface area contributed by atoms with Gasteiger partial charge in [-0.2, -0.15) is 4.99 Å². The number of ether oxygens (including phenoxy) is 1. The summed E-state index contributed by atoms with van der Waals surface area (Å²) in [6.45, 7) is 16.0. The average Bonchev–Trinajstić information content (AvgIpc) is 3.68. The highest BCUT2D eigenvalue weighted by Crippen LogP contribution is 2.39. The first-order valence-corrected chi connectivity index (χ1v) is 16.1. The number of aliphatic imine (C=N–C) groups is 1. The Labute approximate surface area is 246 Å². The van der Waals surface area contributed by atoms with E-state index in [2.05, 4.69) is 76.8 Å². The van der Waals surface area contributed by atoms with Crippen molar-refractivity contribution < 1.29 is 4.74 Å². The second-order valence-corrected chi connectivity index (χ2v) is 13.2. The monoisotopic (exact) mass is 553 g/mol. The summed E-state index contributed by atoms with van der Waals surface area (Å²) in [6, 6.07) is 14.6. The summed E-state index contributed by atoms with van der Waals surface area (Å²) in [5.41, 5.74) is 5.81. The van der Waals surface area contributed by atoms with Crippen molar-refractivity contribution in [3.8, 4) is 0 Å². The SMILES string of the molecule is C=C(/N=C(\C1=C(C)CN(c2cccc3cccc(CC)c23)CC1)N1CC2CCC(C1)N2)OCC12CCCN1CCC2. The van der Waals surface area contributed by atoms with Gasteiger partial charge in [-0.05, 0) is 106 Å². The van der Waals surface area contributed by atoms with Crippen LogP contribution in [-0.4, -0.2) is 79.1 Å². The zero-order valence-electron chi connectivity index (χ0n) is 25.1. The molecule has 4 fully saturated rings. The van der Waals surface area contributed by atoms with Crippen LogP contribution in [0.1, 0.15) is 64.4 Å². The molecule has 2 bridgehead atoms. The molecule has 7 rings (SSSR count). The lowest BCUT2D eigenvalue weighted by Crippen LogP contribution is -2.54. The Bertz CT molecular complexity index is 1350. The zero-order chi connectivity index (χ0) is 28.0. The van der Waals surface area contributed by atoms with Crippen molar-refractivity contribution >= 4 is 22.3 Å². The van der Waals surface area contributed by atoms with Crippen LogP contribution in [0.3, 0.4) is 0 Å². The minimum absolute atomic E-state index is 0.211. The zero-order valence-corrected chi connectivity index (χ0v) is 25.1. The lowest BCUT2D eigenvalue weighted by Gasteiger charge is -2.39. The molecular formula is C35H47N5O. The Morgan fingerprint density at radius 1 is 1.05 bits per heavy atom. The van der Waals surface area contributed by atoms with E-state index < -0.39 is 0 Å². The Morgan fingerprint density at radius 2 is 1.78 bits per heavy atom. The quantitative estimate of drug-likeness (QED) is 0.264. The van der Waals surface area contributed by atoms with E-state index in [0.717, 1.165) is 51.5 Å². The number of likely N-dealkylation sites (tertiary alicyclic amines) is 1. The van der Waals surface area contributed by atoms with Gasteiger partial charge in [0.2, 0.25) is 5.88 Å². The molecule has 41 heavy (non-hydrogen) atoms. The Kier molecular flexibility index (Phi) is 7.32. The number of fused-ring (bicyclic) bond motifs is 4. The first kappa shape index (κ1) is 27.0. The third-order valence-electron chi connectivity index (χ3n) is 10.6. The van der Waals surface area contributed by atoms with Gasteiger partial charge < -0.3 is 19.9 Å². The maximum Gasteiger partial charge on any atom is 0.207 e. The fraction of sp³-hybridized carbons (Fsp3) is 0.571. The number of nitrogens with one attached hydrogen (secondary N) is 1. The minimum Gasteiger partial charge on any atom is -0.476 e. The topological polar surface area (TPSA) is 43.3 Å². The maximum absolute atomic E-state index is 6.41. The fourth-order valence-corrected chi connectivity index (χ4v) is 8.51. The van der Waals surface area contributed by atoms with Crippen molar-refractivity contribution in [1.29, 1.82) is 0 Å². The number of hydrogen-bond acceptors (Lipinski definition) is 5. The molecule has 0 saturated carbocycles. The molecule has 6 heteroatoms. The Morgan fingerprint density at radius 3 is 2.49 bits per heavy atom. The van der Waals surface area contributed by atoms with Gasteiger partial charge >= 0.3 is 0 Å². The number of nitrogens with zero attached hydrogens (tertiary/aromatic N) is 4. The highest BCUT2D eigenvalue weighted by atomic mass is 16.5. The fourth-order valence-electron chi connectivity index (χ4n) is 8.51. The molecule has 218 valence electrons. The number of aryl methyl sites for hydroxylation is 1. The molecule has 0 spiro atoms. The molecule has 4 saturated heterocycles. The second-order valence-electron chi connectivity index (χ2n) is 13.2. The van der Waals surface area contributed by atoms with E-state index in [4.69, 9.17) is 9.73 Å². The molecule has 2 unspecified atom stereocenters. The molecule has 6 nitrogen and oxygen atoms in total. The minimum atomic E-state index is 0.211. The van der Waals surface area contributed by atoms with Gasteiger partial charge in [-0.25, -0.2) is 0 Å². The van der Waals surface area contributed by atoms with Crippen LogP contribution in [0, 0.1) is 0 Å². The smallest absolute Gasteiger partial charge is 0.207 e. The molecule has 5 heterocycles. The summed E-state index contributed by atoms with van der Waals surface area (Å²) in [6.07, 6.45) is 9.61. The average molecular weight is 554 g/mol. The van der Waals surface area contributed by atoms with Gasteiger partial charge in [-0.15, -0.1) is 0 Å². The van der Waals surface area contributed by atoms with E-state index >= 15 is 0 Å². The Balaban J connectivity index is 1.16. The van der Waals surface area contributed by atoms with Crippen molar-refractivity contribution in [1.82, 2.24) is 15.1 Å². The number of benzene rings is 2. The normalized spacial score (nSPS) is 26.2. The first-order valence-electron chi connectivity index (χ1n) is 16.1. The summed E-state index contributed by atoms with van der Waals surface area (Å²) in [7, 11) is 0. The molecule has 0 aromatic heterocycles. The molecule has 5 aliphatic heterocycles. The summed E-state index contributed by atoms with van der Waals surface area (Å²) in [5, 5.41) is 6.55. The van der Waals surface area contributed by atoms with Crippen LogP contribution in [0.5, 0.6) is 0 Å². The first-order chi connectivity index (χ1) is 20.0. The van der Waals surface area contributed by atoms with Crippen LogP contribution >= 0.6 is 0 Å². The molecule has 0 amide bonds. The largest absolute Gasteiger partial charge is 0.476 e. The van der Waals surface area contributed by atoms with E-state index in [9.17, 15) is 0 Å². The van der Waals surface area contributed by atoms with Crippen LogP contribution in [0.2, 0.25) is 0 Å². The second kappa shape index (κ2) is 11.1. The summed E-state index contributed by atoms with van der Waals surface area (Å²) in [5.74, 6) is 1.70. The van der Waals surface area contributed by atoms with E-state index in [-0.39, 0.29) is 5.54 Å². The molecule has 2 aromatic rings. The summed E-state index contributed by atoms with van der Waals surface area (Å²) < 4.78 is 6.41. The summed E-state index contributed by atoms with van der Waals surface area (Å²) in [4.78, 5) is 13.0. The number of piperazine rings is 1. The lowest BCUT2D eigenvalue weighted by atomic mass is 9.95. The van der Waals surface area contributed by atoms with Crippen molar-refractivity contribution in [2.45, 2.75) is 82.8 Å². The van der Waals surface area contributed by atoms with Crippen molar-refractivity contribution in [2.75, 3.05) is 50.8 Å². The van der Waals surface area contributed by atoms with E-state index in [0.29, 0.717) is 18.0 Å². The van der Waals surface area contributed by atoms with Crippen LogP contribution in [0.25, 0.3) is 10.8 Å². The molecule has 0 radical (unpaired) electrons. The van der Waals surface area contributed by atoms with E-state index in [1.54, 1.807) is 0 Å². The number of rotatable bonds is 7. The van der Waals surface area contributed by atoms with Gasteiger partial charge in [0.1, 0.15) is 12.4 Å². The van der Waals surface area contributed by atoms with Gasteiger partial charge in [-0.1, -0.05) is 37.3 Å². The highest BCUT2D eigenvalue weighted by Gasteiger charge is 2.45. The number of hydrogen-bond donors (Lipinski definition) is 1. The molecule has 2 aromatic carbocycles. The van der Waals surface area contributed by atoms with Crippen molar-refractivity contribution in [2.24, 2.45) is 4.99 Å². The van der Waals surface area contributed by atoms with Gasteiger partial charge in [-0.3, -0.25) is 4.90 Å². The third-order valence-corrected chi connectivity index (χ3v) is 10.6. The predicted octanol–water partition coefficient (Wildman–Crippen LogP) is 5.88. The molecule has 5 aliphatic rings. The highest BCUT2D eigenvalue weighted by molar-refractivity contribution is 6.01. The number of amidine groups is 1.